The molecule has 5 aromatic rings. The molecule has 1 fully saturated rings. The molecule has 6 rings (SSSR count). The topological polar surface area (TPSA) is 96.3 Å². The minimum Gasteiger partial charge on any atom is -0.484 e. The number of hydrogen-bond acceptors (Lipinski definition) is 8. The number of aryl methyl sites for hydroxylation is 4. The number of hydrogen-bond donors (Lipinski definition) is 0. The summed E-state index contributed by atoms with van der Waals surface area (Å²) in [5, 5.41) is 12.3. The zero-order valence-corrected chi connectivity index (χ0v) is 25.2. The van der Waals surface area contributed by atoms with E-state index >= 15 is 4.39 Å². The highest BCUT2D eigenvalue weighted by Crippen LogP contribution is 2.30. The Hall–Kier alpha value is -4.09. The van der Waals surface area contributed by atoms with Crippen molar-refractivity contribution < 1.29 is 18.4 Å². The van der Waals surface area contributed by atoms with Crippen molar-refractivity contribution in [2.45, 2.75) is 59.7 Å². The van der Waals surface area contributed by atoms with Crippen molar-refractivity contribution in [2.75, 3.05) is 32.8 Å². The van der Waals surface area contributed by atoms with Gasteiger partial charge in [0.1, 0.15) is 23.9 Å². The number of ether oxygens (including phenoxy) is 2. The zero-order chi connectivity index (χ0) is 29.9. The SMILES string of the molecule is Cc1noc(C)c1-c1ccc2c(c1)nc(CCc1ccc(OCc3cn(C(C)C)nn3)c(F)c1)n2CCN1CCOCC1. The summed E-state index contributed by atoms with van der Waals surface area (Å²) in [4.78, 5) is 7.50. The van der Waals surface area contributed by atoms with Crippen LogP contribution in [0.3, 0.4) is 0 Å². The predicted octanol–water partition coefficient (Wildman–Crippen LogP) is 5.32. The normalized spacial score (nSPS) is 14.3. The monoisotopic (exact) mass is 587 g/mol. The van der Waals surface area contributed by atoms with Crippen LogP contribution in [-0.4, -0.2) is 67.4 Å². The lowest BCUT2D eigenvalue weighted by Gasteiger charge is -2.27. The quantitative estimate of drug-likeness (QED) is 0.205. The molecule has 0 bridgehead atoms. The molecule has 1 saturated heterocycles. The molecule has 226 valence electrons. The molecule has 0 N–H and O–H groups in total. The smallest absolute Gasteiger partial charge is 0.165 e. The molecule has 4 heterocycles. The van der Waals surface area contributed by atoms with Gasteiger partial charge in [-0.2, -0.15) is 0 Å². The molecule has 0 unspecified atom stereocenters. The van der Waals surface area contributed by atoms with Crippen LogP contribution in [-0.2, 0) is 30.7 Å². The minimum absolute atomic E-state index is 0.159. The molecule has 2 aromatic carbocycles. The van der Waals surface area contributed by atoms with Gasteiger partial charge in [-0.05, 0) is 69.5 Å². The first-order valence-corrected chi connectivity index (χ1v) is 14.9. The van der Waals surface area contributed by atoms with Crippen LogP contribution in [0.15, 0.2) is 47.1 Å². The van der Waals surface area contributed by atoms with Crippen molar-refractivity contribution in [3.63, 3.8) is 0 Å². The average molecular weight is 588 g/mol. The van der Waals surface area contributed by atoms with E-state index < -0.39 is 5.82 Å². The van der Waals surface area contributed by atoms with Crippen LogP contribution in [0.2, 0.25) is 0 Å². The molecule has 0 aliphatic carbocycles. The standard InChI is InChI=1S/C32H38FN7O3/c1-21(2)40-19-26(35-37-40)20-42-30-9-5-24(17-27(30)33)6-10-31-34-28-18-25(32-22(3)36-43-23(32)4)7-8-29(28)39(31)12-11-38-13-15-41-16-14-38/h5,7-9,17-19,21H,6,10-16,20H2,1-4H3. The second kappa shape index (κ2) is 12.6. The fourth-order valence-corrected chi connectivity index (χ4v) is 5.59. The van der Waals surface area contributed by atoms with Crippen LogP contribution in [0.4, 0.5) is 4.39 Å². The van der Waals surface area contributed by atoms with Gasteiger partial charge in [-0.15, -0.1) is 5.10 Å². The first kappa shape index (κ1) is 29.0. The Labute approximate surface area is 250 Å². The third-order valence-electron chi connectivity index (χ3n) is 7.99. The number of rotatable bonds is 11. The zero-order valence-electron chi connectivity index (χ0n) is 25.2. The van der Waals surface area contributed by atoms with E-state index in [1.165, 1.54) is 0 Å². The van der Waals surface area contributed by atoms with E-state index in [4.69, 9.17) is 19.0 Å². The molecule has 10 nitrogen and oxygen atoms in total. The summed E-state index contributed by atoms with van der Waals surface area (Å²) in [5.41, 5.74) is 6.47. The van der Waals surface area contributed by atoms with Gasteiger partial charge in [0.2, 0.25) is 0 Å². The van der Waals surface area contributed by atoms with Crippen LogP contribution >= 0.6 is 0 Å². The first-order valence-electron chi connectivity index (χ1n) is 14.9. The van der Waals surface area contributed by atoms with Crippen LogP contribution in [0, 0.1) is 19.7 Å². The molecule has 11 heteroatoms. The molecular weight excluding hydrogens is 549 g/mol. The van der Waals surface area contributed by atoms with Gasteiger partial charge in [0.05, 0.1) is 36.1 Å². The molecular formula is C32H38FN7O3. The Morgan fingerprint density at radius 2 is 1.86 bits per heavy atom. The Bertz CT molecular complexity index is 1680. The highest BCUT2D eigenvalue weighted by Gasteiger charge is 2.18. The van der Waals surface area contributed by atoms with Crippen LogP contribution < -0.4 is 4.74 Å². The van der Waals surface area contributed by atoms with Gasteiger partial charge in [-0.1, -0.05) is 22.5 Å². The fraction of sp³-hybridized carbons (Fsp3) is 0.438. The summed E-state index contributed by atoms with van der Waals surface area (Å²) in [6.45, 7) is 13.2. The van der Waals surface area contributed by atoms with E-state index in [1.807, 2.05) is 40.0 Å². The third-order valence-corrected chi connectivity index (χ3v) is 7.99. The maximum Gasteiger partial charge on any atom is 0.165 e. The maximum atomic E-state index is 15.0. The lowest BCUT2D eigenvalue weighted by atomic mass is 10.0. The number of morpholine rings is 1. The molecule has 3 aromatic heterocycles. The Morgan fingerprint density at radius 1 is 1.02 bits per heavy atom. The molecule has 0 atom stereocenters. The van der Waals surface area contributed by atoms with Crippen molar-refractivity contribution in [3.8, 4) is 16.9 Å². The van der Waals surface area contributed by atoms with Crippen molar-refractivity contribution in [2.24, 2.45) is 0 Å². The van der Waals surface area contributed by atoms with Gasteiger partial charge in [0.25, 0.3) is 0 Å². The van der Waals surface area contributed by atoms with Crippen molar-refractivity contribution >= 4 is 11.0 Å². The average Bonchev–Trinajstić information content (AvgIpc) is 3.71. The van der Waals surface area contributed by atoms with Crippen LogP contribution in [0.5, 0.6) is 5.75 Å². The van der Waals surface area contributed by atoms with Gasteiger partial charge < -0.3 is 18.6 Å². The summed E-state index contributed by atoms with van der Waals surface area (Å²) < 4.78 is 35.7. The Balaban J connectivity index is 1.19. The van der Waals surface area contributed by atoms with E-state index in [9.17, 15) is 0 Å². The van der Waals surface area contributed by atoms with E-state index in [2.05, 4.69) is 43.1 Å². The van der Waals surface area contributed by atoms with E-state index in [-0.39, 0.29) is 18.4 Å². The van der Waals surface area contributed by atoms with Gasteiger partial charge in [-0.25, -0.2) is 14.1 Å². The summed E-state index contributed by atoms with van der Waals surface area (Å²) >= 11 is 0. The molecule has 1 aliphatic heterocycles. The number of fused-ring (bicyclic) bond motifs is 1. The number of nitrogens with zero attached hydrogens (tertiary/aromatic N) is 7. The van der Waals surface area contributed by atoms with Gasteiger partial charge in [0, 0.05) is 44.2 Å². The number of halogens is 1. The van der Waals surface area contributed by atoms with Crippen molar-refractivity contribution in [3.05, 3.63) is 76.9 Å². The molecule has 0 saturated carbocycles. The summed E-state index contributed by atoms with van der Waals surface area (Å²) in [6, 6.07) is 11.7. The summed E-state index contributed by atoms with van der Waals surface area (Å²) in [5.74, 6) is 1.58. The lowest BCUT2D eigenvalue weighted by Crippen LogP contribution is -2.38. The number of imidazole rings is 1. The van der Waals surface area contributed by atoms with Crippen molar-refractivity contribution in [1.82, 2.24) is 34.6 Å². The molecule has 0 spiro atoms. The van der Waals surface area contributed by atoms with Crippen molar-refractivity contribution in [1.29, 1.82) is 0 Å². The van der Waals surface area contributed by atoms with E-state index in [0.29, 0.717) is 18.5 Å². The molecule has 0 amide bonds. The van der Waals surface area contributed by atoms with Gasteiger partial charge in [-0.3, -0.25) is 4.90 Å². The Kier molecular flexibility index (Phi) is 8.53. The van der Waals surface area contributed by atoms with E-state index in [0.717, 1.165) is 84.4 Å². The summed E-state index contributed by atoms with van der Waals surface area (Å²) in [6.07, 6.45) is 3.15. The van der Waals surface area contributed by atoms with Crippen LogP contribution in [0.25, 0.3) is 22.2 Å². The maximum absolute atomic E-state index is 15.0. The number of aromatic nitrogens is 6. The minimum atomic E-state index is -0.390. The molecule has 43 heavy (non-hydrogen) atoms. The lowest BCUT2D eigenvalue weighted by molar-refractivity contribution is 0.0364. The highest BCUT2D eigenvalue weighted by molar-refractivity contribution is 5.83. The largest absolute Gasteiger partial charge is 0.484 e. The van der Waals surface area contributed by atoms with Crippen LogP contribution in [0.1, 0.15) is 48.4 Å². The number of benzene rings is 2. The third kappa shape index (κ3) is 6.47. The van der Waals surface area contributed by atoms with Gasteiger partial charge in [0.15, 0.2) is 11.6 Å². The first-order chi connectivity index (χ1) is 20.9. The Morgan fingerprint density at radius 3 is 2.58 bits per heavy atom. The molecule has 0 radical (unpaired) electrons. The highest BCUT2D eigenvalue weighted by atomic mass is 19.1. The second-order valence-corrected chi connectivity index (χ2v) is 11.4. The second-order valence-electron chi connectivity index (χ2n) is 11.4. The van der Waals surface area contributed by atoms with Gasteiger partial charge >= 0.3 is 0 Å². The fourth-order valence-electron chi connectivity index (χ4n) is 5.59. The van der Waals surface area contributed by atoms with E-state index in [1.54, 1.807) is 16.8 Å². The predicted molar refractivity (Wildman–Crippen MR) is 161 cm³/mol. The summed E-state index contributed by atoms with van der Waals surface area (Å²) in [7, 11) is 0. The molecule has 1 aliphatic rings.